The molecule has 8 aliphatic carbocycles. The van der Waals surface area contributed by atoms with Gasteiger partial charge in [-0.2, -0.15) is 0 Å². The van der Waals surface area contributed by atoms with Gasteiger partial charge in [0.25, 0.3) is 0 Å². The van der Waals surface area contributed by atoms with Crippen LogP contribution in [0.2, 0.25) is 0 Å². The molecule has 3 heteroatoms. The van der Waals surface area contributed by atoms with Gasteiger partial charge in [-0.05, 0) is 205 Å². The molecule has 8 fully saturated rings. The van der Waals surface area contributed by atoms with E-state index < -0.39 is 0 Å². The average molecular weight is 880 g/mol. The lowest BCUT2D eigenvalue weighted by atomic mass is 9.35. The second kappa shape index (κ2) is 14.1. The highest BCUT2D eigenvalue weighted by molar-refractivity contribution is 5.90. The molecule has 8 saturated carbocycles. The first-order chi connectivity index (χ1) is 30.8. The van der Waals surface area contributed by atoms with Crippen molar-refractivity contribution in [2.75, 3.05) is 0 Å². The Morgan fingerprint density at radius 2 is 0.712 bits per heavy atom. The highest BCUT2D eigenvalue weighted by Gasteiger charge is 2.66. The van der Waals surface area contributed by atoms with E-state index in [-0.39, 0.29) is 10.8 Å². The van der Waals surface area contributed by atoms with E-state index in [0.717, 1.165) is 83.3 Å². The van der Waals surface area contributed by atoms with Crippen molar-refractivity contribution in [3.63, 3.8) is 0 Å². The molecular weight excluding hydrogens is 803 g/mol. The number of hydrogen-bond donors (Lipinski definition) is 2. The number of nitrogens with zero attached hydrogens (tertiary/aromatic N) is 1. The van der Waals surface area contributed by atoms with Crippen molar-refractivity contribution in [2.45, 2.75) is 183 Å². The minimum atomic E-state index is -0.0311. The number of phenolic OH excluding ortho intramolecular Hbond substituents is 2. The minimum Gasteiger partial charge on any atom is -0.507 e. The highest BCUT2D eigenvalue weighted by Crippen LogP contribution is 2.76. The molecule has 2 N–H and O–H groups in total. The summed E-state index contributed by atoms with van der Waals surface area (Å²) in [5.74, 6) is 1.57. The summed E-state index contributed by atoms with van der Waals surface area (Å²) in [4.78, 5) is 5.64. The van der Waals surface area contributed by atoms with Crippen molar-refractivity contribution in [3.8, 4) is 56.3 Å². The quantitative estimate of drug-likeness (QED) is 0.163. The van der Waals surface area contributed by atoms with Crippen LogP contribution in [0.4, 0.5) is 0 Å². The van der Waals surface area contributed by atoms with Gasteiger partial charge in [-0.25, -0.2) is 4.98 Å². The fraction of sp³-hybridized carbons (Fsp3) is 0.540. The van der Waals surface area contributed by atoms with E-state index in [4.69, 9.17) is 4.98 Å². The molecule has 5 aromatic rings. The van der Waals surface area contributed by atoms with E-state index in [0.29, 0.717) is 55.8 Å². The molecule has 0 radical (unpaired) electrons. The molecular formula is C63H77NO2. The molecule has 0 unspecified atom stereocenters. The van der Waals surface area contributed by atoms with Gasteiger partial charge < -0.3 is 10.2 Å². The predicted molar refractivity (Wildman–Crippen MR) is 274 cm³/mol. The topological polar surface area (TPSA) is 53.4 Å². The van der Waals surface area contributed by atoms with Gasteiger partial charge in [0.2, 0.25) is 0 Å². The molecule has 0 saturated heterocycles. The number of pyridine rings is 1. The van der Waals surface area contributed by atoms with Crippen molar-refractivity contribution in [1.82, 2.24) is 4.98 Å². The van der Waals surface area contributed by atoms with E-state index in [9.17, 15) is 10.2 Å². The first-order valence-electron chi connectivity index (χ1n) is 25.8. The van der Waals surface area contributed by atoms with Crippen LogP contribution in [0.3, 0.4) is 0 Å². The zero-order valence-electron chi connectivity index (χ0n) is 42.5. The third-order valence-corrected chi connectivity index (χ3v) is 18.7. The summed E-state index contributed by atoms with van der Waals surface area (Å²) >= 11 is 0. The summed E-state index contributed by atoms with van der Waals surface area (Å²) in [5.41, 5.74) is 16.8. The monoisotopic (exact) mass is 880 g/mol. The Hall–Kier alpha value is -4.37. The van der Waals surface area contributed by atoms with Crippen LogP contribution < -0.4 is 0 Å². The van der Waals surface area contributed by atoms with E-state index in [1.165, 1.54) is 71.9 Å². The summed E-state index contributed by atoms with van der Waals surface area (Å²) in [6.07, 6.45) is 14.7. The Kier molecular flexibility index (Phi) is 9.44. The smallest absolute Gasteiger partial charge is 0.127 e. The second-order valence-corrected chi connectivity index (χ2v) is 27.3. The largest absolute Gasteiger partial charge is 0.507 e. The molecule has 66 heavy (non-hydrogen) atoms. The Morgan fingerprint density at radius 1 is 0.394 bits per heavy atom. The van der Waals surface area contributed by atoms with Crippen molar-refractivity contribution < 1.29 is 10.2 Å². The van der Waals surface area contributed by atoms with Crippen LogP contribution in [0.25, 0.3) is 44.8 Å². The van der Waals surface area contributed by atoms with Gasteiger partial charge in [0.15, 0.2) is 0 Å². The van der Waals surface area contributed by atoms with E-state index in [1.54, 1.807) is 0 Å². The third kappa shape index (κ3) is 6.96. The number of hydrogen-bond acceptors (Lipinski definition) is 3. The van der Waals surface area contributed by atoms with Gasteiger partial charge in [-0.1, -0.05) is 112 Å². The lowest BCUT2D eigenvalue weighted by molar-refractivity contribution is -0.153. The van der Waals surface area contributed by atoms with Gasteiger partial charge in [0.05, 0.1) is 11.4 Å². The molecule has 346 valence electrons. The normalized spacial score (nSPS) is 35.1. The molecule has 3 nitrogen and oxygen atoms in total. The van der Waals surface area contributed by atoms with Crippen molar-refractivity contribution >= 4 is 0 Å². The Bertz CT molecular complexity index is 2540. The van der Waals surface area contributed by atoms with Crippen molar-refractivity contribution in [3.05, 3.63) is 112 Å². The summed E-state index contributed by atoms with van der Waals surface area (Å²) in [7, 11) is 0. The van der Waals surface area contributed by atoms with Crippen LogP contribution in [-0.2, 0) is 10.8 Å². The molecule has 0 aliphatic heterocycles. The lowest BCUT2D eigenvalue weighted by Gasteiger charge is -2.69. The number of aryl methyl sites for hydroxylation is 2. The summed E-state index contributed by atoms with van der Waals surface area (Å²) in [6, 6.07) is 29.3. The predicted octanol–water partition coefficient (Wildman–Crippen LogP) is 17.3. The fourth-order valence-electron chi connectivity index (χ4n) is 19.4. The van der Waals surface area contributed by atoms with Crippen LogP contribution in [0, 0.1) is 46.3 Å². The van der Waals surface area contributed by atoms with Crippen LogP contribution in [0.15, 0.2) is 78.9 Å². The van der Waals surface area contributed by atoms with E-state index in [2.05, 4.69) is 162 Å². The average Bonchev–Trinajstić information content (AvgIpc) is 3.18. The highest BCUT2D eigenvalue weighted by atomic mass is 16.3. The van der Waals surface area contributed by atoms with Gasteiger partial charge in [-0.3, -0.25) is 0 Å². The molecule has 1 aromatic heterocycles. The van der Waals surface area contributed by atoms with E-state index in [1.807, 2.05) is 0 Å². The fourth-order valence-corrected chi connectivity index (χ4v) is 19.4. The Labute approximate surface area is 397 Å². The first kappa shape index (κ1) is 44.2. The zero-order valence-corrected chi connectivity index (χ0v) is 42.5. The maximum absolute atomic E-state index is 12.8. The third-order valence-electron chi connectivity index (χ3n) is 18.7. The molecule has 8 aliphatic rings. The van der Waals surface area contributed by atoms with Gasteiger partial charge in [0, 0.05) is 44.2 Å². The van der Waals surface area contributed by atoms with Crippen molar-refractivity contribution in [1.29, 1.82) is 0 Å². The Morgan fingerprint density at radius 3 is 1.02 bits per heavy atom. The summed E-state index contributed by atoms with van der Waals surface area (Å²) < 4.78 is 0. The van der Waals surface area contributed by atoms with Crippen LogP contribution in [0.5, 0.6) is 11.5 Å². The lowest BCUT2D eigenvalue weighted by Crippen LogP contribution is -2.60. The minimum absolute atomic E-state index is 0.0311. The van der Waals surface area contributed by atoms with Crippen LogP contribution in [-0.4, -0.2) is 15.2 Å². The molecule has 1 heterocycles. The SMILES string of the molecule is Cc1cc(-c2ccc(C(C)C)cc2-c2cccc(-c3cc(C(C)C)ccc3-c3cc(C)cc(C45CC6(C)CC(C)(CC(C)(C6)C4)C5)c3O)n2)c(O)c(C23CC4(C)CC(C)(CC(C)(C4)C2)C3)c1. The van der Waals surface area contributed by atoms with Gasteiger partial charge in [0.1, 0.15) is 11.5 Å². The maximum Gasteiger partial charge on any atom is 0.127 e. The van der Waals surface area contributed by atoms with E-state index >= 15 is 0 Å². The number of phenols is 2. The summed E-state index contributed by atoms with van der Waals surface area (Å²) in [6.45, 7) is 28.7. The number of rotatable bonds is 8. The molecule has 0 atom stereocenters. The standard InChI is InChI=1S/C63H77NO2/c1-38(2)42-16-18-44(48-20-40(5)22-50(54(48)65)62-32-56(7)26-57(8,33-62)28-58(9,27-56)34-62)46(24-42)52-14-13-15-53(64-52)47-25-43(39(3)4)17-19-45(47)49-21-41(6)23-51(55(49)66)63-35-59(10)29-60(11,36-63)31-61(12,30-59)37-63/h13-25,38-39,65-66H,26-37H2,1-12H3. The first-order valence-corrected chi connectivity index (χ1v) is 25.8. The Balaban J connectivity index is 1.05. The molecule has 0 spiro atoms. The summed E-state index contributed by atoms with van der Waals surface area (Å²) in [5, 5.41) is 25.7. The second-order valence-electron chi connectivity index (χ2n) is 27.3. The number of aromatic nitrogens is 1. The number of aromatic hydroxyl groups is 2. The van der Waals surface area contributed by atoms with Crippen LogP contribution in [0.1, 0.15) is 192 Å². The zero-order chi connectivity index (χ0) is 46.8. The van der Waals surface area contributed by atoms with Crippen molar-refractivity contribution in [2.24, 2.45) is 32.5 Å². The van der Waals surface area contributed by atoms with Crippen LogP contribution >= 0.6 is 0 Å². The van der Waals surface area contributed by atoms with Gasteiger partial charge >= 0.3 is 0 Å². The molecule has 4 aromatic carbocycles. The maximum atomic E-state index is 12.8. The number of benzene rings is 4. The molecule has 13 rings (SSSR count). The van der Waals surface area contributed by atoms with Gasteiger partial charge in [-0.15, -0.1) is 0 Å². The molecule has 8 bridgehead atoms. The molecule has 0 amide bonds.